The number of aryl methyl sites for hydroxylation is 1. The predicted octanol–water partition coefficient (Wildman–Crippen LogP) is 2.88. The first kappa shape index (κ1) is 14.7. The minimum atomic E-state index is -0.127. The zero-order chi connectivity index (χ0) is 16.5. The van der Waals surface area contributed by atoms with E-state index in [1.165, 1.54) is 12.8 Å². The highest BCUT2D eigenvalue weighted by Crippen LogP contribution is 2.40. The molecular formula is C18H18N4O2. The maximum atomic E-state index is 12.2. The van der Waals surface area contributed by atoms with Gasteiger partial charge in [-0.25, -0.2) is 4.98 Å². The lowest BCUT2D eigenvalue weighted by atomic mass is 10.1. The van der Waals surface area contributed by atoms with Gasteiger partial charge in [0.15, 0.2) is 0 Å². The van der Waals surface area contributed by atoms with Gasteiger partial charge >= 0.3 is 0 Å². The number of carbonyl (C=O) groups is 1. The van der Waals surface area contributed by atoms with Crippen LogP contribution in [0.5, 0.6) is 0 Å². The summed E-state index contributed by atoms with van der Waals surface area (Å²) in [4.78, 5) is 16.5. The van der Waals surface area contributed by atoms with Gasteiger partial charge in [0.25, 0.3) is 5.91 Å². The highest BCUT2D eigenvalue weighted by Gasteiger charge is 2.27. The molecule has 1 amide bonds. The number of nitrogens with one attached hydrogen (secondary N) is 1. The van der Waals surface area contributed by atoms with E-state index in [9.17, 15) is 4.79 Å². The van der Waals surface area contributed by atoms with Gasteiger partial charge in [-0.1, -0.05) is 17.3 Å². The van der Waals surface area contributed by atoms with Crippen molar-refractivity contribution in [3.05, 3.63) is 59.7 Å². The summed E-state index contributed by atoms with van der Waals surface area (Å²) in [6.07, 6.45) is 5.99. The lowest BCUT2D eigenvalue weighted by molar-refractivity contribution is 0.0950. The quantitative estimate of drug-likeness (QED) is 0.784. The summed E-state index contributed by atoms with van der Waals surface area (Å²) in [6.45, 7) is 0.371. The van der Waals surface area contributed by atoms with Crippen molar-refractivity contribution in [1.82, 2.24) is 20.0 Å². The fraction of sp³-hybridized carbons (Fsp3) is 0.278. The smallest absolute Gasteiger partial charge is 0.251 e. The van der Waals surface area contributed by atoms with Gasteiger partial charge in [0.2, 0.25) is 0 Å². The van der Waals surface area contributed by atoms with Crippen molar-refractivity contribution in [3.8, 4) is 11.4 Å². The number of rotatable bonds is 5. The molecular weight excluding hydrogens is 304 g/mol. The van der Waals surface area contributed by atoms with E-state index < -0.39 is 0 Å². The van der Waals surface area contributed by atoms with Crippen LogP contribution in [-0.2, 0) is 13.6 Å². The number of imidazole rings is 1. The second-order valence-electron chi connectivity index (χ2n) is 6.12. The van der Waals surface area contributed by atoms with Gasteiger partial charge < -0.3 is 14.4 Å². The van der Waals surface area contributed by atoms with Crippen LogP contribution in [0.25, 0.3) is 11.4 Å². The third kappa shape index (κ3) is 2.95. The van der Waals surface area contributed by atoms with Gasteiger partial charge in [-0.2, -0.15) is 0 Å². The topological polar surface area (TPSA) is 73.0 Å². The highest BCUT2D eigenvalue weighted by atomic mass is 16.5. The van der Waals surface area contributed by atoms with E-state index in [1.54, 1.807) is 18.3 Å². The first-order chi connectivity index (χ1) is 11.7. The zero-order valence-electron chi connectivity index (χ0n) is 13.4. The lowest BCUT2D eigenvalue weighted by Crippen LogP contribution is -2.22. The number of nitrogens with zero attached hydrogens (tertiary/aromatic N) is 3. The van der Waals surface area contributed by atoms with Crippen LogP contribution in [0.4, 0.5) is 0 Å². The average molecular weight is 322 g/mol. The van der Waals surface area contributed by atoms with Crippen LogP contribution in [0, 0.1) is 0 Å². The Hall–Kier alpha value is -2.89. The van der Waals surface area contributed by atoms with Crippen LogP contribution in [0.15, 0.2) is 47.2 Å². The molecule has 0 bridgehead atoms. The van der Waals surface area contributed by atoms with E-state index in [0.717, 1.165) is 22.8 Å². The number of amides is 1. The molecule has 24 heavy (non-hydrogen) atoms. The van der Waals surface area contributed by atoms with E-state index in [-0.39, 0.29) is 5.91 Å². The van der Waals surface area contributed by atoms with Crippen molar-refractivity contribution in [2.45, 2.75) is 25.3 Å². The maximum Gasteiger partial charge on any atom is 0.251 e. The normalized spacial score (nSPS) is 13.9. The molecule has 2 aromatic heterocycles. The Morgan fingerprint density at radius 2 is 2.12 bits per heavy atom. The first-order valence-corrected chi connectivity index (χ1v) is 8.02. The minimum absolute atomic E-state index is 0.127. The molecule has 0 spiro atoms. The van der Waals surface area contributed by atoms with Gasteiger partial charge in [-0.05, 0) is 25.0 Å². The van der Waals surface area contributed by atoms with Crippen LogP contribution >= 0.6 is 0 Å². The number of hydrogen-bond donors (Lipinski definition) is 1. The first-order valence-electron chi connectivity index (χ1n) is 8.02. The summed E-state index contributed by atoms with van der Waals surface area (Å²) in [5.74, 6) is 2.20. The molecule has 1 N–H and O–H groups in total. The number of benzene rings is 1. The van der Waals surface area contributed by atoms with Crippen molar-refractivity contribution >= 4 is 5.91 Å². The van der Waals surface area contributed by atoms with Crippen LogP contribution in [-0.4, -0.2) is 20.6 Å². The fourth-order valence-corrected chi connectivity index (χ4v) is 2.66. The summed E-state index contributed by atoms with van der Waals surface area (Å²) < 4.78 is 7.23. The SMILES string of the molecule is Cn1ccnc1-c1ccc(C(=O)NCc2cc(C3CC3)on2)cc1. The third-order valence-electron chi connectivity index (χ3n) is 4.21. The molecule has 0 aliphatic heterocycles. The molecule has 4 rings (SSSR count). The van der Waals surface area contributed by atoms with Gasteiger partial charge in [-0.15, -0.1) is 0 Å². The molecule has 0 atom stereocenters. The summed E-state index contributed by atoms with van der Waals surface area (Å²) in [5.41, 5.74) is 2.35. The van der Waals surface area contributed by atoms with E-state index >= 15 is 0 Å². The lowest BCUT2D eigenvalue weighted by Gasteiger charge is -2.05. The van der Waals surface area contributed by atoms with Gasteiger partial charge in [0.05, 0.1) is 6.54 Å². The van der Waals surface area contributed by atoms with Crippen molar-refractivity contribution in [1.29, 1.82) is 0 Å². The monoisotopic (exact) mass is 322 g/mol. The Morgan fingerprint density at radius 1 is 1.33 bits per heavy atom. The summed E-state index contributed by atoms with van der Waals surface area (Å²) in [5, 5.41) is 6.87. The highest BCUT2D eigenvalue weighted by molar-refractivity contribution is 5.94. The molecule has 0 saturated heterocycles. The van der Waals surface area contributed by atoms with Crippen molar-refractivity contribution in [3.63, 3.8) is 0 Å². The molecule has 6 nitrogen and oxygen atoms in total. The van der Waals surface area contributed by atoms with E-state index in [1.807, 2.05) is 36.0 Å². The standard InChI is InChI=1S/C18H18N4O2/c1-22-9-8-19-17(22)13-4-6-14(7-5-13)18(23)20-11-15-10-16(24-21-15)12-2-3-12/h4-10,12H,2-3,11H2,1H3,(H,20,23). The van der Waals surface area contributed by atoms with Crippen LogP contribution in [0.2, 0.25) is 0 Å². The molecule has 1 aromatic carbocycles. The van der Waals surface area contributed by atoms with Gasteiger partial charge in [-0.3, -0.25) is 4.79 Å². The molecule has 6 heteroatoms. The number of hydrogen-bond acceptors (Lipinski definition) is 4. The fourth-order valence-electron chi connectivity index (χ4n) is 2.66. The molecule has 122 valence electrons. The Kier molecular flexibility index (Phi) is 3.65. The second kappa shape index (κ2) is 5.96. The van der Waals surface area contributed by atoms with Crippen LogP contribution < -0.4 is 5.32 Å². The van der Waals surface area contributed by atoms with Crippen LogP contribution in [0.1, 0.15) is 40.6 Å². The van der Waals surface area contributed by atoms with E-state index in [2.05, 4.69) is 15.5 Å². The largest absolute Gasteiger partial charge is 0.361 e. The number of aromatic nitrogens is 3. The summed E-state index contributed by atoms with van der Waals surface area (Å²) in [6, 6.07) is 9.34. The molecule has 1 saturated carbocycles. The van der Waals surface area contributed by atoms with Gasteiger partial charge in [0, 0.05) is 42.6 Å². The number of carbonyl (C=O) groups excluding carboxylic acids is 1. The average Bonchev–Trinajstić information content (AvgIpc) is 3.19. The Bertz CT molecular complexity index is 859. The Balaban J connectivity index is 1.39. The van der Waals surface area contributed by atoms with Gasteiger partial charge in [0.1, 0.15) is 17.3 Å². The molecule has 1 aliphatic carbocycles. The van der Waals surface area contributed by atoms with Crippen molar-refractivity contribution in [2.24, 2.45) is 7.05 Å². The van der Waals surface area contributed by atoms with E-state index in [4.69, 9.17) is 4.52 Å². The third-order valence-corrected chi connectivity index (χ3v) is 4.21. The Morgan fingerprint density at radius 3 is 2.79 bits per heavy atom. The maximum absolute atomic E-state index is 12.2. The van der Waals surface area contributed by atoms with Crippen molar-refractivity contribution < 1.29 is 9.32 Å². The minimum Gasteiger partial charge on any atom is -0.361 e. The summed E-state index contributed by atoms with van der Waals surface area (Å²) >= 11 is 0. The van der Waals surface area contributed by atoms with Crippen molar-refractivity contribution in [2.75, 3.05) is 0 Å². The predicted molar refractivity (Wildman–Crippen MR) is 88.3 cm³/mol. The molecule has 3 aromatic rings. The molecule has 1 aliphatic rings. The molecule has 0 unspecified atom stereocenters. The summed E-state index contributed by atoms with van der Waals surface area (Å²) in [7, 11) is 1.94. The zero-order valence-corrected chi connectivity index (χ0v) is 13.4. The van der Waals surface area contributed by atoms with E-state index in [0.29, 0.717) is 18.0 Å². The Labute approximate surface area is 139 Å². The van der Waals surface area contributed by atoms with Crippen LogP contribution in [0.3, 0.4) is 0 Å². The molecule has 0 radical (unpaired) electrons. The molecule has 1 fully saturated rings. The second-order valence-corrected chi connectivity index (χ2v) is 6.12. The molecule has 2 heterocycles.